The zero-order chi connectivity index (χ0) is 30.6. The fraction of sp³-hybridized carbons (Fsp3) is 0.244. The summed E-state index contributed by atoms with van der Waals surface area (Å²) in [4.78, 5) is 0. The third kappa shape index (κ3) is 5.75. The van der Waals surface area contributed by atoms with Crippen LogP contribution in [0.4, 0.5) is 0 Å². The van der Waals surface area contributed by atoms with Gasteiger partial charge in [-0.25, -0.2) is 0 Å². The van der Waals surface area contributed by atoms with E-state index in [1.807, 2.05) is 0 Å². The van der Waals surface area contributed by atoms with Gasteiger partial charge in [0.05, 0.1) is 0 Å². The monoisotopic (exact) mass is 584 g/mol. The molecule has 5 aromatic carbocycles. The van der Waals surface area contributed by atoms with Crippen molar-refractivity contribution in [3.05, 3.63) is 204 Å². The lowest BCUT2D eigenvalue weighted by Gasteiger charge is -2.29. The van der Waals surface area contributed by atoms with Crippen molar-refractivity contribution >= 4 is 0 Å². The van der Waals surface area contributed by atoms with Gasteiger partial charge in [0.2, 0.25) is 0 Å². The van der Waals surface area contributed by atoms with E-state index in [9.17, 15) is 0 Å². The minimum atomic E-state index is 0.314. The first-order chi connectivity index (χ1) is 22.3. The van der Waals surface area contributed by atoms with Crippen LogP contribution in [-0.4, -0.2) is 0 Å². The standard InChI is InChI=1S/C45H44/c1-3-17-32-30-33(4-2)40(31-32)34-26-28-39(29-27-34)45-43(37-22-13-7-14-23-37)41(35-18-9-5-10-19-35)42(36-20-11-6-12-21-36)44(45)38-24-15-8-16-25-38/h3-29,32-33,40-45H,2,30-31H2,1H3/b17-3+/t32?,33-,40?,41?,42?,43?,44?,45?/m1/s1. The maximum atomic E-state index is 4.23. The highest BCUT2D eigenvalue weighted by Gasteiger charge is 2.52. The molecule has 7 rings (SSSR count). The van der Waals surface area contributed by atoms with E-state index in [1.165, 1.54) is 46.2 Å². The molecule has 2 aliphatic rings. The van der Waals surface area contributed by atoms with Crippen LogP contribution in [0.1, 0.15) is 88.7 Å². The third-order valence-corrected chi connectivity index (χ3v) is 10.8. The first kappa shape index (κ1) is 29.3. The molecule has 0 radical (unpaired) electrons. The summed E-state index contributed by atoms with van der Waals surface area (Å²) < 4.78 is 0. The molecular weight excluding hydrogens is 540 g/mol. The van der Waals surface area contributed by atoms with E-state index in [1.54, 1.807) is 0 Å². The second-order valence-corrected chi connectivity index (χ2v) is 13.2. The van der Waals surface area contributed by atoms with E-state index >= 15 is 0 Å². The molecule has 0 aliphatic heterocycles. The van der Waals surface area contributed by atoms with Crippen LogP contribution in [0.3, 0.4) is 0 Å². The normalized spacial score (nSPS) is 27.9. The fourth-order valence-corrected chi connectivity index (χ4v) is 9.04. The molecule has 45 heavy (non-hydrogen) atoms. The molecule has 0 aromatic heterocycles. The van der Waals surface area contributed by atoms with Crippen LogP contribution in [0.2, 0.25) is 0 Å². The predicted octanol–water partition coefficient (Wildman–Crippen LogP) is 11.8. The maximum Gasteiger partial charge on any atom is -0.00120 e. The minimum Gasteiger partial charge on any atom is -0.103 e. The molecule has 0 spiro atoms. The predicted molar refractivity (Wildman–Crippen MR) is 190 cm³/mol. The summed E-state index contributed by atoms with van der Waals surface area (Å²) in [6.45, 7) is 6.37. The van der Waals surface area contributed by atoms with Gasteiger partial charge in [-0.15, -0.1) is 6.58 Å². The molecule has 5 aromatic rings. The zero-order valence-electron chi connectivity index (χ0n) is 26.3. The van der Waals surface area contributed by atoms with E-state index in [0.29, 0.717) is 47.3 Å². The van der Waals surface area contributed by atoms with E-state index in [0.717, 1.165) is 0 Å². The highest BCUT2D eigenvalue weighted by molar-refractivity contribution is 5.49. The van der Waals surface area contributed by atoms with Crippen LogP contribution in [-0.2, 0) is 0 Å². The van der Waals surface area contributed by atoms with E-state index < -0.39 is 0 Å². The Morgan fingerprint density at radius 2 is 0.778 bits per heavy atom. The van der Waals surface area contributed by atoms with Gasteiger partial charge in [0.25, 0.3) is 0 Å². The Balaban J connectivity index is 1.40. The summed E-state index contributed by atoms with van der Waals surface area (Å²) in [6, 6.07) is 55.2. The van der Waals surface area contributed by atoms with Gasteiger partial charge >= 0.3 is 0 Å². The minimum absolute atomic E-state index is 0.314. The molecule has 0 bridgehead atoms. The lowest BCUT2D eigenvalue weighted by atomic mass is 9.74. The summed E-state index contributed by atoms with van der Waals surface area (Å²) in [5.74, 6) is 3.31. The van der Waals surface area contributed by atoms with Gasteiger partial charge in [-0.05, 0) is 100 Å². The van der Waals surface area contributed by atoms with Crippen molar-refractivity contribution in [1.29, 1.82) is 0 Å². The largest absolute Gasteiger partial charge is 0.103 e. The highest BCUT2D eigenvalue weighted by atomic mass is 14.5. The maximum absolute atomic E-state index is 4.23. The highest BCUT2D eigenvalue weighted by Crippen LogP contribution is 2.66. The molecule has 0 heteroatoms. The second kappa shape index (κ2) is 13.3. The van der Waals surface area contributed by atoms with Crippen molar-refractivity contribution in [3.8, 4) is 0 Å². The lowest BCUT2D eigenvalue weighted by molar-refractivity contribution is 0.551. The molecule has 2 saturated carbocycles. The van der Waals surface area contributed by atoms with E-state index in [2.05, 4.69) is 177 Å². The molecule has 0 heterocycles. The molecule has 2 aliphatic carbocycles. The molecule has 224 valence electrons. The molecule has 7 atom stereocenters. The van der Waals surface area contributed by atoms with Crippen LogP contribution < -0.4 is 0 Å². The molecule has 6 unspecified atom stereocenters. The van der Waals surface area contributed by atoms with E-state index in [-0.39, 0.29) is 0 Å². The summed E-state index contributed by atoms with van der Waals surface area (Å²) >= 11 is 0. The Labute approximate surface area is 270 Å². The molecule has 0 nitrogen and oxygen atoms in total. The Morgan fingerprint density at radius 3 is 1.11 bits per heavy atom. The quantitative estimate of drug-likeness (QED) is 0.159. The van der Waals surface area contributed by atoms with Crippen LogP contribution in [0.15, 0.2) is 170 Å². The number of hydrogen-bond donors (Lipinski definition) is 0. The van der Waals surface area contributed by atoms with Gasteiger partial charge in [0, 0.05) is 0 Å². The van der Waals surface area contributed by atoms with Crippen LogP contribution in [0.5, 0.6) is 0 Å². The topological polar surface area (TPSA) is 0 Å². The fourth-order valence-electron chi connectivity index (χ4n) is 9.04. The lowest BCUT2D eigenvalue weighted by Crippen LogP contribution is -2.14. The van der Waals surface area contributed by atoms with Crippen molar-refractivity contribution < 1.29 is 0 Å². The summed E-state index contributed by atoms with van der Waals surface area (Å²) in [7, 11) is 0. The SMILES string of the molecule is C=C[C@@H]1CC(/C=C/C)CC1c1ccc(C2C(c3ccccc3)C(c3ccccc3)C(c3ccccc3)C2c2ccccc2)cc1. The first-order valence-electron chi connectivity index (χ1n) is 16.8. The Kier molecular flexibility index (Phi) is 8.65. The number of rotatable bonds is 8. The third-order valence-electron chi connectivity index (χ3n) is 10.8. The zero-order valence-corrected chi connectivity index (χ0v) is 26.3. The van der Waals surface area contributed by atoms with Crippen molar-refractivity contribution in [3.63, 3.8) is 0 Å². The van der Waals surface area contributed by atoms with Gasteiger partial charge in [-0.2, -0.15) is 0 Å². The molecule has 0 amide bonds. The van der Waals surface area contributed by atoms with Gasteiger partial charge in [-0.1, -0.05) is 164 Å². The van der Waals surface area contributed by atoms with Crippen LogP contribution in [0, 0.1) is 11.8 Å². The smallest absolute Gasteiger partial charge is 0.00120 e. The van der Waals surface area contributed by atoms with Crippen molar-refractivity contribution in [2.75, 3.05) is 0 Å². The average molecular weight is 585 g/mol. The van der Waals surface area contributed by atoms with Gasteiger partial charge < -0.3 is 0 Å². The molecule has 0 saturated heterocycles. The van der Waals surface area contributed by atoms with Crippen molar-refractivity contribution in [2.24, 2.45) is 11.8 Å². The summed E-state index contributed by atoms with van der Waals surface area (Å²) in [5.41, 5.74) is 8.61. The number of benzene rings is 5. The Hall–Kier alpha value is -4.42. The van der Waals surface area contributed by atoms with Gasteiger partial charge in [0.1, 0.15) is 0 Å². The van der Waals surface area contributed by atoms with Crippen LogP contribution >= 0.6 is 0 Å². The first-order valence-corrected chi connectivity index (χ1v) is 16.8. The average Bonchev–Trinajstić information content (AvgIpc) is 3.70. The van der Waals surface area contributed by atoms with Crippen molar-refractivity contribution in [1.82, 2.24) is 0 Å². The molecule has 2 fully saturated rings. The molecular formula is C45H44. The summed E-state index contributed by atoms with van der Waals surface area (Å²) in [6.07, 6.45) is 9.22. The number of hydrogen-bond acceptors (Lipinski definition) is 0. The Bertz CT molecular complexity index is 1600. The van der Waals surface area contributed by atoms with Gasteiger partial charge in [-0.3, -0.25) is 0 Å². The number of allylic oxidation sites excluding steroid dienone is 3. The Morgan fingerprint density at radius 1 is 0.444 bits per heavy atom. The van der Waals surface area contributed by atoms with Crippen LogP contribution in [0.25, 0.3) is 0 Å². The summed E-state index contributed by atoms with van der Waals surface area (Å²) in [5, 5.41) is 0. The molecule has 0 N–H and O–H groups in total. The second-order valence-electron chi connectivity index (χ2n) is 13.2. The van der Waals surface area contributed by atoms with Gasteiger partial charge in [0.15, 0.2) is 0 Å². The van der Waals surface area contributed by atoms with E-state index in [4.69, 9.17) is 0 Å². The van der Waals surface area contributed by atoms with Crippen molar-refractivity contribution in [2.45, 2.75) is 55.3 Å².